The van der Waals surface area contributed by atoms with Gasteiger partial charge in [-0.15, -0.1) is 0 Å². The maximum Gasteiger partial charge on any atom is 0.148 e. The summed E-state index contributed by atoms with van der Waals surface area (Å²) in [7, 11) is 0. The van der Waals surface area contributed by atoms with E-state index in [1.807, 2.05) is 19.9 Å². The molecular weight excluding hydrogens is 212 g/mol. The quantitative estimate of drug-likeness (QED) is 0.752. The molecule has 1 heterocycles. The fraction of sp³-hybridized carbons (Fsp3) is 0.200. The van der Waals surface area contributed by atoms with E-state index < -0.39 is 0 Å². The van der Waals surface area contributed by atoms with Gasteiger partial charge in [0.2, 0.25) is 0 Å². The molecule has 0 saturated heterocycles. The summed E-state index contributed by atoms with van der Waals surface area (Å²) in [5.41, 5.74) is 7.07. The Kier molecular flexibility index (Phi) is 2.36. The number of aromatic nitrogens is 3. The van der Waals surface area contributed by atoms with Gasteiger partial charge in [0.25, 0.3) is 0 Å². The number of nitrogen functional groups attached to an aromatic ring is 1. The highest BCUT2D eigenvalue weighted by Gasteiger charge is 2.06. The van der Waals surface area contributed by atoms with E-state index in [1.54, 1.807) is 16.8 Å². The van der Waals surface area contributed by atoms with Crippen LogP contribution in [0.2, 0.25) is 5.02 Å². The second kappa shape index (κ2) is 3.55. The second-order valence-corrected chi connectivity index (χ2v) is 3.73. The number of hydrogen-bond donors (Lipinski definition) is 1. The van der Waals surface area contributed by atoms with Gasteiger partial charge < -0.3 is 5.73 Å². The Morgan fingerprint density at radius 3 is 2.60 bits per heavy atom. The van der Waals surface area contributed by atoms with Crippen LogP contribution >= 0.6 is 11.6 Å². The van der Waals surface area contributed by atoms with Crippen LogP contribution in [0.5, 0.6) is 0 Å². The molecule has 5 heteroatoms. The van der Waals surface area contributed by atoms with E-state index >= 15 is 0 Å². The van der Waals surface area contributed by atoms with Gasteiger partial charge in [-0.05, 0) is 32.0 Å². The molecule has 0 unspecified atom stereocenters. The molecule has 15 heavy (non-hydrogen) atoms. The van der Waals surface area contributed by atoms with E-state index in [2.05, 4.69) is 10.1 Å². The Balaban J connectivity index is 2.54. The molecule has 1 aromatic carbocycles. The topological polar surface area (TPSA) is 56.7 Å². The van der Waals surface area contributed by atoms with Gasteiger partial charge in [0, 0.05) is 0 Å². The van der Waals surface area contributed by atoms with E-state index in [-0.39, 0.29) is 0 Å². The molecule has 0 amide bonds. The summed E-state index contributed by atoms with van der Waals surface area (Å²) in [5, 5.41) is 4.79. The van der Waals surface area contributed by atoms with Crippen molar-refractivity contribution in [2.75, 3.05) is 5.73 Å². The highest BCUT2D eigenvalue weighted by Crippen LogP contribution is 2.22. The first-order chi connectivity index (χ1) is 7.08. The summed E-state index contributed by atoms with van der Waals surface area (Å²) in [6.07, 6.45) is 0. The first kappa shape index (κ1) is 9.98. The van der Waals surface area contributed by atoms with E-state index in [1.165, 1.54) is 0 Å². The molecular formula is C10H11ClN4. The summed E-state index contributed by atoms with van der Waals surface area (Å²) >= 11 is 5.94. The minimum absolute atomic E-state index is 0.528. The number of hydrogen-bond acceptors (Lipinski definition) is 3. The molecule has 4 nitrogen and oxygen atoms in total. The zero-order chi connectivity index (χ0) is 11.0. The van der Waals surface area contributed by atoms with E-state index in [9.17, 15) is 0 Å². The molecule has 0 aliphatic rings. The summed E-state index contributed by atoms with van der Waals surface area (Å²) in [6, 6.07) is 5.40. The van der Waals surface area contributed by atoms with Crippen LogP contribution in [-0.2, 0) is 0 Å². The Morgan fingerprint density at radius 1 is 1.33 bits per heavy atom. The molecule has 0 aliphatic carbocycles. The van der Waals surface area contributed by atoms with Crippen LogP contribution in [0.15, 0.2) is 18.2 Å². The van der Waals surface area contributed by atoms with Crippen molar-refractivity contribution in [2.24, 2.45) is 0 Å². The van der Waals surface area contributed by atoms with Crippen molar-refractivity contribution >= 4 is 17.3 Å². The predicted molar refractivity (Wildman–Crippen MR) is 60.3 cm³/mol. The van der Waals surface area contributed by atoms with E-state index in [0.29, 0.717) is 10.7 Å². The third kappa shape index (κ3) is 1.80. The fourth-order valence-corrected chi connectivity index (χ4v) is 1.59. The average Bonchev–Trinajstić information content (AvgIpc) is 2.50. The van der Waals surface area contributed by atoms with Crippen molar-refractivity contribution in [2.45, 2.75) is 13.8 Å². The summed E-state index contributed by atoms with van der Waals surface area (Å²) in [5.74, 6) is 1.56. The zero-order valence-electron chi connectivity index (χ0n) is 8.53. The van der Waals surface area contributed by atoms with Crippen molar-refractivity contribution in [3.63, 3.8) is 0 Å². The van der Waals surface area contributed by atoms with Crippen molar-refractivity contribution in [1.29, 1.82) is 0 Å². The number of rotatable bonds is 1. The largest absolute Gasteiger partial charge is 0.398 e. The van der Waals surface area contributed by atoms with E-state index in [4.69, 9.17) is 17.3 Å². The van der Waals surface area contributed by atoms with Crippen molar-refractivity contribution in [3.8, 4) is 5.69 Å². The second-order valence-electron chi connectivity index (χ2n) is 3.32. The first-order valence-electron chi connectivity index (χ1n) is 4.53. The third-order valence-electron chi connectivity index (χ3n) is 2.10. The van der Waals surface area contributed by atoms with Crippen LogP contribution in [0.3, 0.4) is 0 Å². The lowest BCUT2D eigenvalue weighted by molar-refractivity contribution is 0.831. The molecule has 1 aromatic heterocycles. The summed E-state index contributed by atoms with van der Waals surface area (Å²) in [6.45, 7) is 3.74. The number of anilines is 1. The van der Waals surface area contributed by atoms with Gasteiger partial charge in [0.05, 0.1) is 16.4 Å². The van der Waals surface area contributed by atoms with Gasteiger partial charge in [0.1, 0.15) is 11.6 Å². The van der Waals surface area contributed by atoms with Crippen molar-refractivity contribution < 1.29 is 0 Å². The molecule has 0 radical (unpaired) electrons. The minimum Gasteiger partial charge on any atom is -0.398 e. The lowest BCUT2D eigenvalue weighted by Crippen LogP contribution is -2.00. The van der Waals surface area contributed by atoms with Gasteiger partial charge in [-0.3, -0.25) is 0 Å². The molecule has 2 N–H and O–H groups in total. The highest BCUT2D eigenvalue weighted by molar-refractivity contribution is 6.33. The Labute approximate surface area is 92.7 Å². The van der Waals surface area contributed by atoms with Crippen LogP contribution in [0.4, 0.5) is 5.69 Å². The molecule has 0 fully saturated rings. The van der Waals surface area contributed by atoms with Crippen LogP contribution in [0.1, 0.15) is 11.6 Å². The van der Waals surface area contributed by atoms with Crippen LogP contribution in [-0.4, -0.2) is 14.8 Å². The Bertz CT molecular complexity index is 504. The smallest absolute Gasteiger partial charge is 0.148 e. The Morgan fingerprint density at radius 2 is 2.07 bits per heavy atom. The third-order valence-corrected chi connectivity index (χ3v) is 2.43. The average molecular weight is 223 g/mol. The lowest BCUT2D eigenvalue weighted by atomic mass is 10.3. The van der Waals surface area contributed by atoms with Gasteiger partial charge in [0.15, 0.2) is 0 Å². The molecule has 0 spiro atoms. The van der Waals surface area contributed by atoms with Gasteiger partial charge in [-0.1, -0.05) is 11.6 Å². The fourth-order valence-electron chi connectivity index (χ4n) is 1.41. The lowest BCUT2D eigenvalue weighted by Gasteiger charge is -2.04. The standard InChI is InChI=1S/C10H11ClN4/c1-6-13-7(2)15(14-6)8-3-4-10(12)9(11)5-8/h3-5H,12H2,1-2H3. The number of nitrogens with two attached hydrogens (primary N) is 1. The van der Waals surface area contributed by atoms with Crippen LogP contribution in [0, 0.1) is 13.8 Å². The normalized spacial score (nSPS) is 10.6. The predicted octanol–water partition coefficient (Wildman–Crippen LogP) is 2.12. The molecule has 0 bridgehead atoms. The number of halogens is 1. The minimum atomic E-state index is 0.528. The van der Waals surface area contributed by atoms with Crippen LogP contribution in [0.25, 0.3) is 5.69 Å². The number of benzene rings is 1. The summed E-state index contributed by atoms with van der Waals surface area (Å²) < 4.78 is 1.74. The molecule has 0 aliphatic heterocycles. The molecule has 2 rings (SSSR count). The number of nitrogens with zero attached hydrogens (tertiary/aromatic N) is 3. The molecule has 0 saturated carbocycles. The SMILES string of the molecule is Cc1nc(C)n(-c2ccc(N)c(Cl)c2)n1. The molecule has 78 valence electrons. The summed E-state index contributed by atoms with van der Waals surface area (Å²) in [4.78, 5) is 4.22. The molecule has 0 atom stereocenters. The maximum absolute atomic E-state index is 5.94. The Hall–Kier alpha value is -1.55. The zero-order valence-corrected chi connectivity index (χ0v) is 9.28. The van der Waals surface area contributed by atoms with Gasteiger partial charge >= 0.3 is 0 Å². The van der Waals surface area contributed by atoms with E-state index in [0.717, 1.165) is 17.3 Å². The van der Waals surface area contributed by atoms with Crippen molar-refractivity contribution in [1.82, 2.24) is 14.8 Å². The van der Waals surface area contributed by atoms with Gasteiger partial charge in [-0.25, -0.2) is 9.67 Å². The number of aryl methyl sites for hydroxylation is 2. The monoisotopic (exact) mass is 222 g/mol. The van der Waals surface area contributed by atoms with Crippen LogP contribution < -0.4 is 5.73 Å². The van der Waals surface area contributed by atoms with Gasteiger partial charge in [-0.2, -0.15) is 5.10 Å². The first-order valence-corrected chi connectivity index (χ1v) is 4.91. The molecule has 2 aromatic rings. The maximum atomic E-state index is 5.94. The van der Waals surface area contributed by atoms with Crippen molar-refractivity contribution in [3.05, 3.63) is 34.9 Å². The highest BCUT2D eigenvalue weighted by atomic mass is 35.5.